The molecule has 4 atom stereocenters. The van der Waals surface area contributed by atoms with Crippen LogP contribution in [0.15, 0.2) is 84.9 Å². The number of phenolic OH excluding ortho intramolecular Hbond substituents is 1. The molecule has 0 radical (unpaired) electrons. The Morgan fingerprint density at radius 1 is 1.00 bits per heavy atom. The van der Waals surface area contributed by atoms with Crippen LogP contribution in [0.2, 0.25) is 0 Å². The van der Waals surface area contributed by atoms with Crippen molar-refractivity contribution in [3.63, 3.8) is 0 Å². The third-order valence-corrected chi connectivity index (χ3v) is 11.7. The van der Waals surface area contributed by atoms with E-state index in [0.29, 0.717) is 17.0 Å². The molecule has 3 amide bonds. The molecule has 1 spiro atoms. The maximum atomic E-state index is 14.3. The minimum Gasteiger partial charge on any atom is -0.508 e. The highest BCUT2D eigenvalue weighted by atomic mass is 32.2. The van der Waals surface area contributed by atoms with Crippen LogP contribution >= 0.6 is 11.8 Å². The van der Waals surface area contributed by atoms with E-state index in [1.165, 1.54) is 11.6 Å². The standard InChI is InChI=1S/C38H43N3O5S/c1-24-28(17-11-19-32(24)42)36(45)40-31(22-26-12-4-3-5-13-26)33(43)37(46)41-23-47-38(20-8-9-21-38)34(41)25(2)35(44)39-30-18-10-15-27-14-6-7-16-29(27)30/h3-7,11-14,16-17,19,30-31,33-34,42-43H,2,8-10,15,18,20-23H2,1H3,(H,39,44)(H,40,45)/t30-,31-,33-,34+/m0/s1. The Labute approximate surface area is 280 Å². The van der Waals surface area contributed by atoms with Crippen molar-refractivity contribution in [2.24, 2.45) is 0 Å². The number of nitrogens with zero attached hydrogens (tertiary/aromatic N) is 1. The first-order valence-corrected chi connectivity index (χ1v) is 17.5. The molecular formula is C38H43N3O5S. The predicted octanol–water partition coefficient (Wildman–Crippen LogP) is 5.37. The van der Waals surface area contributed by atoms with Gasteiger partial charge in [-0.15, -0.1) is 11.8 Å². The molecule has 1 saturated heterocycles. The molecular weight excluding hydrogens is 611 g/mol. The summed E-state index contributed by atoms with van der Waals surface area (Å²) in [4.78, 5) is 43.4. The molecule has 3 aromatic rings. The summed E-state index contributed by atoms with van der Waals surface area (Å²) in [5.74, 6) is -1.01. The Morgan fingerprint density at radius 3 is 2.49 bits per heavy atom. The summed E-state index contributed by atoms with van der Waals surface area (Å²) < 4.78 is -0.356. The van der Waals surface area contributed by atoms with E-state index in [1.807, 2.05) is 42.5 Å². The molecule has 1 saturated carbocycles. The molecule has 47 heavy (non-hydrogen) atoms. The Kier molecular flexibility index (Phi) is 9.75. The summed E-state index contributed by atoms with van der Waals surface area (Å²) in [5.41, 5.74) is 4.21. The van der Waals surface area contributed by atoms with E-state index < -0.39 is 30.0 Å². The first-order valence-electron chi connectivity index (χ1n) is 16.5. The van der Waals surface area contributed by atoms with Gasteiger partial charge in [-0.1, -0.05) is 80.1 Å². The molecule has 6 rings (SSSR count). The molecule has 9 heteroatoms. The summed E-state index contributed by atoms with van der Waals surface area (Å²) in [6.07, 6.45) is 5.10. The zero-order valence-electron chi connectivity index (χ0n) is 26.8. The second-order valence-corrected chi connectivity index (χ2v) is 14.4. The Hall–Kier alpha value is -4.08. The highest BCUT2D eigenvalue weighted by molar-refractivity contribution is 8.01. The Morgan fingerprint density at radius 2 is 1.72 bits per heavy atom. The lowest BCUT2D eigenvalue weighted by molar-refractivity contribution is -0.142. The molecule has 3 aromatic carbocycles. The number of aromatic hydroxyl groups is 1. The molecule has 0 bridgehead atoms. The van der Waals surface area contributed by atoms with Gasteiger partial charge >= 0.3 is 0 Å². The number of carbonyl (C=O) groups excluding carboxylic acids is 3. The average molecular weight is 654 g/mol. The second kappa shape index (κ2) is 14.0. The normalized spacial score (nSPS) is 21.1. The number of hydrogen-bond donors (Lipinski definition) is 4. The van der Waals surface area contributed by atoms with Crippen molar-refractivity contribution in [1.29, 1.82) is 0 Å². The van der Waals surface area contributed by atoms with Crippen LogP contribution in [0.5, 0.6) is 5.75 Å². The molecule has 0 unspecified atom stereocenters. The van der Waals surface area contributed by atoms with Crippen LogP contribution in [0.25, 0.3) is 0 Å². The number of hydrogen-bond acceptors (Lipinski definition) is 6. The molecule has 4 N–H and O–H groups in total. The van der Waals surface area contributed by atoms with Crippen molar-refractivity contribution in [2.75, 3.05) is 5.88 Å². The number of carbonyl (C=O) groups is 3. The summed E-state index contributed by atoms with van der Waals surface area (Å²) >= 11 is 1.66. The van der Waals surface area contributed by atoms with Crippen LogP contribution in [0, 0.1) is 6.92 Å². The third kappa shape index (κ3) is 6.69. The molecule has 1 aliphatic heterocycles. The smallest absolute Gasteiger partial charge is 0.254 e. The second-order valence-electron chi connectivity index (χ2n) is 13.1. The van der Waals surface area contributed by atoms with Gasteiger partial charge in [-0.3, -0.25) is 14.4 Å². The van der Waals surface area contributed by atoms with Gasteiger partial charge in [0.05, 0.1) is 24.0 Å². The van der Waals surface area contributed by atoms with Crippen LogP contribution in [-0.2, 0) is 22.4 Å². The first-order chi connectivity index (χ1) is 22.7. The number of benzene rings is 3. The van der Waals surface area contributed by atoms with Gasteiger partial charge in [-0.05, 0) is 74.3 Å². The van der Waals surface area contributed by atoms with Crippen LogP contribution in [-0.4, -0.2) is 61.6 Å². The third-order valence-electron chi connectivity index (χ3n) is 10.1. The maximum absolute atomic E-state index is 14.3. The highest BCUT2D eigenvalue weighted by Gasteiger charge is 2.54. The highest BCUT2D eigenvalue weighted by Crippen LogP contribution is 2.53. The van der Waals surface area contributed by atoms with Crippen molar-refractivity contribution < 1.29 is 24.6 Å². The van der Waals surface area contributed by atoms with E-state index in [9.17, 15) is 24.6 Å². The Bertz CT molecular complexity index is 1650. The molecule has 2 aliphatic carbocycles. The van der Waals surface area contributed by atoms with E-state index >= 15 is 0 Å². The minimum atomic E-state index is -1.59. The summed E-state index contributed by atoms with van der Waals surface area (Å²) in [6, 6.07) is 20.6. The average Bonchev–Trinajstić information content (AvgIpc) is 3.72. The van der Waals surface area contributed by atoms with Gasteiger partial charge in [0.2, 0.25) is 5.91 Å². The quantitative estimate of drug-likeness (QED) is 0.231. The number of nitrogens with one attached hydrogen (secondary N) is 2. The number of thioether (sulfide) groups is 1. The number of aliphatic hydroxyl groups is 1. The fraction of sp³-hybridized carbons (Fsp3) is 0.395. The van der Waals surface area contributed by atoms with E-state index in [0.717, 1.165) is 56.1 Å². The lowest BCUT2D eigenvalue weighted by Crippen LogP contribution is -2.56. The topological polar surface area (TPSA) is 119 Å². The van der Waals surface area contributed by atoms with Gasteiger partial charge in [0, 0.05) is 21.4 Å². The summed E-state index contributed by atoms with van der Waals surface area (Å²) in [5, 5.41) is 28.1. The van der Waals surface area contributed by atoms with E-state index in [4.69, 9.17) is 0 Å². The number of amides is 3. The van der Waals surface area contributed by atoms with Crippen LogP contribution in [0.3, 0.4) is 0 Å². The number of aryl methyl sites for hydroxylation is 1. The van der Waals surface area contributed by atoms with Gasteiger partial charge < -0.3 is 25.7 Å². The number of fused-ring (bicyclic) bond motifs is 1. The van der Waals surface area contributed by atoms with Gasteiger partial charge in [0.15, 0.2) is 6.10 Å². The lowest BCUT2D eigenvalue weighted by Gasteiger charge is -2.37. The monoisotopic (exact) mass is 653 g/mol. The lowest BCUT2D eigenvalue weighted by atomic mass is 9.86. The van der Waals surface area contributed by atoms with Gasteiger partial charge in [0.1, 0.15) is 5.75 Å². The fourth-order valence-corrected chi connectivity index (χ4v) is 9.25. The fourth-order valence-electron chi connectivity index (χ4n) is 7.57. The van der Waals surface area contributed by atoms with E-state index in [1.54, 1.807) is 35.7 Å². The number of rotatable bonds is 9. The van der Waals surface area contributed by atoms with E-state index in [-0.39, 0.29) is 34.4 Å². The minimum absolute atomic E-state index is 0.0128. The molecule has 0 aromatic heterocycles. The number of aliphatic hydroxyl groups excluding tert-OH is 1. The molecule has 246 valence electrons. The maximum Gasteiger partial charge on any atom is 0.254 e. The molecule has 3 aliphatic rings. The predicted molar refractivity (Wildman–Crippen MR) is 184 cm³/mol. The first kappa shape index (κ1) is 32.8. The Balaban J connectivity index is 1.25. The van der Waals surface area contributed by atoms with Crippen LogP contribution in [0.4, 0.5) is 0 Å². The number of phenols is 1. The zero-order valence-corrected chi connectivity index (χ0v) is 27.6. The molecule has 1 heterocycles. The van der Waals surface area contributed by atoms with E-state index in [2.05, 4.69) is 29.3 Å². The van der Waals surface area contributed by atoms with Crippen molar-refractivity contribution in [1.82, 2.24) is 15.5 Å². The molecule has 2 fully saturated rings. The largest absolute Gasteiger partial charge is 0.508 e. The van der Waals surface area contributed by atoms with Crippen molar-refractivity contribution in [2.45, 2.75) is 87.3 Å². The van der Waals surface area contributed by atoms with Gasteiger partial charge in [-0.2, -0.15) is 0 Å². The van der Waals surface area contributed by atoms with Crippen LogP contribution in [0.1, 0.15) is 77.2 Å². The summed E-state index contributed by atoms with van der Waals surface area (Å²) in [7, 11) is 0. The molecule has 8 nitrogen and oxygen atoms in total. The summed E-state index contributed by atoms with van der Waals surface area (Å²) in [6.45, 7) is 5.94. The van der Waals surface area contributed by atoms with Gasteiger partial charge in [-0.25, -0.2) is 0 Å². The van der Waals surface area contributed by atoms with Gasteiger partial charge in [0.25, 0.3) is 11.8 Å². The SMILES string of the molecule is C=C(C(=O)N[C@H]1CCCc2ccccc21)[C@H]1N(C(=O)[C@@H](O)[C@H](Cc2ccccc2)NC(=O)c2cccc(O)c2C)CSC12CCCC2. The van der Waals surface area contributed by atoms with Crippen molar-refractivity contribution in [3.05, 3.63) is 113 Å². The van der Waals surface area contributed by atoms with Crippen molar-refractivity contribution >= 4 is 29.5 Å². The van der Waals surface area contributed by atoms with Crippen molar-refractivity contribution in [3.8, 4) is 5.75 Å². The zero-order chi connectivity index (χ0) is 33.1. The van der Waals surface area contributed by atoms with Crippen LogP contribution < -0.4 is 10.6 Å².